The van der Waals surface area contributed by atoms with E-state index in [-0.39, 0.29) is 18.7 Å². The minimum Gasteiger partial charge on any atom is -0.481 e. The Kier molecular flexibility index (Phi) is 5.34. The molecule has 1 amide bonds. The molecular formula is C21H18ClN3O3S. The van der Waals surface area contributed by atoms with Crippen LogP contribution in [-0.4, -0.2) is 32.7 Å². The number of nitrogens with zero attached hydrogens (tertiary/aromatic N) is 3. The van der Waals surface area contributed by atoms with Gasteiger partial charge in [-0.1, -0.05) is 23.7 Å². The molecule has 0 spiro atoms. The molecule has 1 unspecified atom stereocenters. The van der Waals surface area contributed by atoms with E-state index in [1.807, 2.05) is 48.0 Å². The number of aryl methyl sites for hydroxylation is 1. The fraction of sp³-hybridized carbons (Fsp3) is 0.238. The zero-order valence-corrected chi connectivity index (χ0v) is 17.2. The van der Waals surface area contributed by atoms with E-state index >= 15 is 0 Å². The van der Waals surface area contributed by atoms with Crippen LogP contribution in [0.1, 0.15) is 42.0 Å². The topological polar surface area (TPSA) is 82.9 Å². The van der Waals surface area contributed by atoms with Crippen LogP contribution in [0.25, 0.3) is 10.9 Å². The number of carboxylic acids is 1. The largest absolute Gasteiger partial charge is 0.481 e. The molecule has 6 nitrogen and oxygen atoms in total. The number of pyridine rings is 1. The zero-order chi connectivity index (χ0) is 20.5. The van der Waals surface area contributed by atoms with Crippen LogP contribution in [0.4, 0.5) is 0 Å². The number of carbonyl (C=O) groups is 2. The van der Waals surface area contributed by atoms with Crippen molar-refractivity contribution in [2.45, 2.75) is 32.2 Å². The lowest BCUT2D eigenvalue weighted by Gasteiger charge is -2.23. The summed E-state index contributed by atoms with van der Waals surface area (Å²) in [4.78, 5) is 28.2. The number of rotatable bonds is 5. The molecule has 1 atom stereocenters. The van der Waals surface area contributed by atoms with Crippen molar-refractivity contribution in [2.24, 2.45) is 5.10 Å². The summed E-state index contributed by atoms with van der Waals surface area (Å²) in [5.74, 6) is -1.36. The van der Waals surface area contributed by atoms with E-state index in [0.717, 1.165) is 27.7 Å². The van der Waals surface area contributed by atoms with Crippen molar-refractivity contribution >= 4 is 51.4 Å². The second kappa shape index (κ2) is 7.93. The molecular weight excluding hydrogens is 410 g/mol. The van der Waals surface area contributed by atoms with Crippen LogP contribution < -0.4 is 0 Å². The fourth-order valence-electron chi connectivity index (χ4n) is 3.42. The summed E-state index contributed by atoms with van der Waals surface area (Å²) in [6.07, 6.45) is 0.132. The molecule has 1 aromatic carbocycles. The highest BCUT2D eigenvalue weighted by molar-refractivity contribution is 7.08. The molecule has 3 aromatic rings. The van der Waals surface area contributed by atoms with Gasteiger partial charge in [0.15, 0.2) is 0 Å². The first-order valence-corrected chi connectivity index (χ1v) is 10.4. The number of halogens is 1. The smallest absolute Gasteiger partial charge is 0.303 e. The number of amides is 1. The van der Waals surface area contributed by atoms with Crippen molar-refractivity contribution in [3.63, 3.8) is 0 Å². The first-order chi connectivity index (χ1) is 13.9. The molecule has 0 aliphatic carbocycles. The Morgan fingerprint density at radius 2 is 2.10 bits per heavy atom. The average Bonchev–Trinajstić information content (AvgIpc) is 3.35. The Labute approximate surface area is 176 Å². The quantitative estimate of drug-likeness (QED) is 0.593. The maximum atomic E-state index is 12.8. The van der Waals surface area contributed by atoms with Gasteiger partial charge < -0.3 is 5.11 Å². The number of hydrogen-bond donors (Lipinski definition) is 1. The predicted molar refractivity (Wildman–Crippen MR) is 113 cm³/mol. The number of carboxylic acid groups (broad SMARTS) is 1. The molecule has 0 radical (unpaired) electrons. The highest BCUT2D eigenvalue weighted by Crippen LogP contribution is 2.38. The van der Waals surface area contributed by atoms with Crippen LogP contribution in [0.15, 0.2) is 46.2 Å². The monoisotopic (exact) mass is 427 g/mol. The third kappa shape index (κ3) is 4.02. The molecule has 3 heterocycles. The molecule has 0 saturated heterocycles. The molecule has 4 rings (SSSR count). The summed E-state index contributed by atoms with van der Waals surface area (Å²) in [7, 11) is 0. The van der Waals surface area contributed by atoms with E-state index in [2.05, 4.69) is 10.1 Å². The van der Waals surface area contributed by atoms with E-state index < -0.39 is 12.0 Å². The van der Waals surface area contributed by atoms with E-state index in [4.69, 9.17) is 16.7 Å². The van der Waals surface area contributed by atoms with Gasteiger partial charge in [0, 0.05) is 29.4 Å². The van der Waals surface area contributed by atoms with E-state index in [1.54, 1.807) is 11.3 Å². The maximum absolute atomic E-state index is 12.8. The minimum absolute atomic E-state index is 0.121. The molecule has 0 fully saturated rings. The van der Waals surface area contributed by atoms with Gasteiger partial charge in [-0.15, -0.1) is 0 Å². The number of hydrazone groups is 1. The molecule has 0 saturated carbocycles. The first kappa shape index (κ1) is 19.5. The number of hydrogen-bond acceptors (Lipinski definition) is 5. The molecule has 29 heavy (non-hydrogen) atoms. The number of thiophene rings is 1. The number of fused-ring (bicyclic) bond motifs is 1. The standard InChI is InChI=1S/C21H18ClN3O3S/c1-12-2-3-13-9-15(21(22)23-16(13)8-12)18-10-17(14-6-7-29-11-14)24-25(18)19(26)4-5-20(27)28/h2-3,6-9,11,18H,4-5,10H2,1H3,(H,27,28). The first-order valence-electron chi connectivity index (χ1n) is 9.13. The number of aliphatic carboxylic acids is 1. The normalized spacial score (nSPS) is 16.3. The van der Waals surface area contributed by atoms with Gasteiger partial charge in [-0.05, 0) is 41.4 Å². The SMILES string of the molecule is Cc1ccc2cc(C3CC(c4ccsc4)=NN3C(=O)CCC(=O)O)c(Cl)nc2c1. The van der Waals surface area contributed by atoms with Crippen molar-refractivity contribution in [3.05, 3.63) is 62.9 Å². The van der Waals surface area contributed by atoms with E-state index in [9.17, 15) is 9.59 Å². The van der Waals surface area contributed by atoms with Crippen LogP contribution in [0, 0.1) is 6.92 Å². The third-order valence-corrected chi connectivity index (χ3v) is 5.87. The minimum atomic E-state index is -1.02. The lowest BCUT2D eigenvalue weighted by atomic mass is 9.99. The molecule has 2 aromatic heterocycles. The molecule has 1 N–H and O–H groups in total. The van der Waals surface area contributed by atoms with Crippen LogP contribution in [0.3, 0.4) is 0 Å². The maximum Gasteiger partial charge on any atom is 0.303 e. The predicted octanol–water partition coefficient (Wildman–Crippen LogP) is 4.80. The molecule has 1 aliphatic heterocycles. The van der Waals surface area contributed by atoms with Crippen LogP contribution in [0.5, 0.6) is 0 Å². The highest BCUT2D eigenvalue weighted by Gasteiger charge is 2.35. The Morgan fingerprint density at radius 3 is 2.83 bits per heavy atom. The van der Waals surface area contributed by atoms with Crippen LogP contribution in [0.2, 0.25) is 5.15 Å². The van der Waals surface area contributed by atoms with Gasteiger partial charge in [-0.3, -0.25) is 9.59 Å². The van der Waals surface area contributed by atoms with E-state index in [0.29, 0.717) is 17.1 Å². The molecule has 1 aliphatic rings. The summed E-state index contributed by atoms with van der Waals surface area (Å²) in [5, 5.41) is 20.0. The average molecular weight is 428 g/mol. The summed E-state index contributed by atoms with van der Waals surface area (Å²) in [6.45, 7) is 1.99. The van der Waals surface area contributed by atoms with Crippen LogP contribution >= 0.6 is 22.9 Å². The van der Waals surface area contributed by atoms with Gasteiger partial charge in [-0.25, -0.2) is 9.99 Å². The van der Waals surface area contributed by atoms with Gasteiger partial charge in [0.2, 0.25) is 5.91 Å². The fourth-order valence-corrected chi connectivity index (χ4v) is 4.35. The zero-order valence-electron chi connectivity index (χ0n) is 15.6. The Morgan fingerprint density at radius 1 is 1.28 bits per heavy atom. The van der Waals surface area contributed by atoms with Gasteiger partial charge in [0.25, 0.3) is 0 Å². The Bertz CT molecular complexity index is 1130. The second-order valence-electron chi connectivity index (χ2n) is 6.98. The van der Waals surface area contributed by atoms with Gasteiger partial charge >= 0.3 is 5.97 Å². The van der Waals surface area contributed by atoms with Crippen molar-refractivity contribution in [1.29, 1.82) is 0 Å². The van der Waals surface area contributed by atoms with Crippen molar-refractivity contribution in [3.8, 4) is 0 Å². The van der Waals surface area contributed by atoms with Crippen LogP contribution in [-0.2, 0) is 9.59 Å². The van der Waals surface area contributed by atoms with Crippen molar-refractivity contribution in [2.75, 3.05) is 0 Å². The van der Waals surface area contributed by atoms with Crippen molar-refractivity contribution in [1.82, 2.24) is 9.99 Å². The van der Waals surface area contributed by atoms with Gasteiger partial charge in [0.1, 0.15) is 5.15 Å². The van der Waals surface area contributed by atoms with Gasteiger partial charge in [0.05, 0.1) is 23.7 Å². The van der Waals surface area contributed by atoms with E-state index in [1.165, 1.54) is 5.01 Å². The number of carbonyl (C=O) groups excluding carboxylic acids is 1. The van der Waals surface area contributed by atoms with Gasteiger partial charge in [-0.2, -0.15) is 16.4 Å². The summed E-state index contributed by atoms with van der Waals surface area (Å²) < 4.78 is 0. The number of aromatic nitrogens is 1. The lowest BCUT2D eigenvalue weighted by molar-refractivity contribution is -0.141. The van der Waals surface area contributed by atoms with Crippen molar-refractivity contribution < 1.29 is 14.7 Å². The molecule has 148 valence electrons. The summed E-state index contributed by atoms with van der Waals surface area (Å²) in [6, 6.07) is 9.41. The second-order valence-corrected chi connectivity index (χ2v) is 8.11. The lowest BCUT2D eigenvalue weighted by Crippen LogP contribution is -2.27. The molecule has 8 heteroatoms. The Balaban J connectivity index is 1.73. The summed E-state index contributed by atoms with van der Waals surface area (Å²) in [5.41, 5.74) is 4.32. The Hall–Kier alpha value is -2.77. The number of benzene rings is 1. The molecule has 0 bridgehead atoms. The highest BCUT2D eigenvalue weighted by atomic mass is 35.5. The summed E-state index contributed by atoms with van der Waals surface area (Å²) >= 11 is 8.07. The third-order valence-electron chi connectivity index (χ3n) is 4.89.